The fourth-order valence-electron chi connectivity index (χ4n) is 3.48. The zero-order valence-electron chi connectivity index (χ0n) is 20.6. The normalized spacial score (nSPS) is 14.2. The summed E-state index contributed by atoms with van der Waals surface area (Å²) in [5, 5.41) is 2.01. The van der Waals surface area contributed by atoms with Crippen LogP contribution in [-0.4, -0.2) is 45.1 Å². The van der Waals surface area contributed by atoms with Gasteiger partial charge in [0.25, 0.3) is 17.0 Å². The second kappa shape index (κ2) is 11.6. The van der Waals surface area contributed by atoms with E-state index in [1.54, 1.807) is 25.1 Å². The van der Waals surface area contributed by atoms with E-state index in [9.17, 15) is 18.8 Å². The van der Waals surface area contributed by atoms with Gasteiger partial charge in [0, 0.05) is 5.69 Å². The van der Waals surface area contributed by atoms with E-state index >= 15 is 0 Å². The predicted octanol–water partition coefficient (Wildman–Crippen LogP) is 5.75. The first-order valence-corrected chi connectivity index (χ1v) is 12.6. The van der Waals surface area contributed by atoms with Crippen LogP contribution in [0.1, 0.15) is 23.6 Å². The first-order chi connectivity index (χ1) is 18.2. The van der Waals surface area contributed by atoms with Crippen molar-refractivity contribution in [3.8, 4) is 17.4 Å². The number of nitrogens with zero attached hydrogens (tertiary/aromatic N) is 3. The second-order valence-corrected chi connectivity index (χ2v) is 9.43. The molecule has 1 aliphatic heterocycles. The molecule has 0 aliphatic carbocycles. The highest BCUT2D eigenvalue weighted by Gasteiger charge is 2.36. The third-order valence-corrected chi connectivity index (χ3v) is 6.60. The third-order valence-electron chi connectivity index (χ3n) is 5.51. The number of hydrogen-bond donors (Lipinski definition) is 1. The molecule has 0 bridgehead atoms. The lowest BCUT2D eigenvalue weighted by molar-refractivity contribution is -0.127. The van der Waals surface area contributed by atoms with Gasteiger partial charge in [-0.1, -0.05) is 18.2 Å². The number of carbonyl (C=O) groups is 3. The Morgan fingerprint density at radius 3 is 2.76 bits per heavy atom. The van der Waals surface area contributed by atoms with Crippen molar-refractivity contribution < 1.29 is 28.2 Å². The fraction of sp³-hybridized carbons (Fsp3) is 0.192. The molecule has 38 heavy (non-hydrogen) atoms. The van der Waals surface area contributed by atoms with E-state index in [1.165, 1.54) is 12.1 Å². The van der Waals surface area contributed by atoms with Crippen LogP contribution in [0.2, 0.25) is 5.28 Å². The summed E-state index contributed by atoms with van der Waals surface area (Å²) in [5.74, 6) is -1.85. The number of benzene rings is 2. The summed E-state index contributed by atoms with van der Waals surface area (Å²) in [6, 6.07) is 10.2. The highest BCUT2D eigenvalue weighted by Crippen LogP contribution is 2.36. The number of anilines is 1. The Labute approximate surface area is 227 Å². The third kappa shape index (κ3) is 6.12. The molecule has 1 fully saturated rings. The van der Waals surface area contributed by atoms with Gasteiger partial charge in [-0.05, 0) is 85.1 Å². The van der Waals surface area contributed by atoms with Gasteiger partial charge in [-0.3, -0.25) is 19.3 Å². The minimum absolute atomic E-state index is 0.138. The van der Waals surface area contributed by atoms with E-state index in [1.807, 2.05) is 26.0 Å². The summed E-state index contributed by atoms with van der Waals surface area (Å²) >= 11 is 6.45. The standard InChI is InChI=1S/C26H22ClFN4O5S/c1-4-36-20-10-16(8-9-19(20)37-23-17(28)12-29-25(27)31-23)11-21-24(34)32(26(35)38-21)13-22(33)30-18-7-5-6-14(2)15(18)3/h5-12H,4,13H2,1-3H3,(H,30,33)/b21-11+. The van der Waals surface area contributed by atoms with Crippen LogP contribution < -0.4 is 14.8 Å². The van der Waals surface area contributed by atoms with E-state index in [0.717, 1.165) is 34.0 Å². The first kappa shape index (κ1) is 27.1. The number of halogens is 2. The van der Waals surface area contributed by atoms with Crippen molar-refractivity contribution in [2.75, 3.05) is 18.5 Å². The molecule has 9 nitrogen and oxygen atoms in total. The predicted molar refractivity (Wildman–Crippen MR) is 142 cm³/mol. The molecule has 2 heterocycles. The van der Waals surface area contributed by atoms with E-state index in [2.05, 4.69) is 15.3 Å². The lowest BCUT2D eigenvalue weighted by Crippen LogP contribution is -2.36. The average molecular weight is 557 g/mol. The van der Waals surface area contributed by atoms with E-state index < -0.39 is 29.4 Å². The molecule has 3 aromatic rings. The number of aromatic nitrogens is 2. The number of aryl methyl sites for hydroxylation is 1. The highest BCUT2D eigenvalue weighted by molar-refractivity contribution is 8.18. The molecule has 0 radical (unpaired) electrons. The molecular formula is C26H22ClFN4O5S. The van der Waals surface area contributed by atoms with Crippen LogP contribution in [0.15, 0.2) is 47.5 Å². The van der Waals surface area contributed by atoms with Crippen molar-refractivity contribution in [1.29, 1.82) is 0 Å². The van der Waals surface area contributed by atoms with Crippen LogP contribution in [0.5, 0.6) is 17.4 Å². The van der Waals surface area contributed by atoms with Gasteiger partial charge in [0.05, 0.1) is 17.7 Å². The van der Waals surface area contributed by atoms with Gasteiger partial charge >= 0.3 is 0 Å². The van der Waals surface area contributed by atoms with Gasteiger partial charge in [-0.2, -0.15) is 9.37 Å². The molecule has 0 saturated carbocycles. The van der Waals surface area contributed by atoms with Crippen molar-refractivity contribution in [1.82, 2.24) is 14.9 Å². The van der Waals surface area contributed by atoms with Crippen molar-refractivity contribution >= 4 is 52.2 Å². The maximum atomic E-state index is 14.0. The maximum Gasteiger partial charge on any atom is 0.294 e. The first-order valence-electron chi connectivity index (χ1n) is 11.4. The summed E-state index contributed by atoms with van der Waals surface area (Å²) in [4.78, 5) is 46.3. The summed E-state index contributed by atoms with van der Waals surface area (Å²) in [6.45, 7) is 5.41. The van der Waals surface area contributed by atoms with Crippen LogP contribution in [0.3, 0.4) is 0 Å². The molecule has 3 amide bonds. The van der Waals surface area contributed by atoms with E-state index in [0.29, 0.717) is 11.3 Å². The van der Waals surface area contributed by atoms with Gasteiger partial charge in [-0.15, -0.1) is 0 Å². The monoisotopic (exact) mass is 556 g/mol. The topological polar surface area (TPSA) is 111 Å². The number of thioether (sulfide) groups is 1. The average Bonchev–Trinajstić information content (AvgIpc) is 3.13. The Hall–Kier alpha value is -3.96. The molecule has 1 saturated heterocycles. The fourth-order valence-corrected chi connectivity index (χ4v) is 4.45. The number of rotatable bonds is 8. The quantitative estimate of drug-likeness (QED) is 0.276. The van der Waals surface area contributed by atoms with Crippen LogP contribution in [0.25, 0.3) is 6.08 Å². The van der Waals surface area contributed by atoms with Crippen molar-refractivity contribution in [3.05, 3.63) is 75.3 Å². The lowest BCUT2D eigenvalue weighted by Gasteiger charge is -2.14. The van der Waals surface area contributed by atoms with Crippen molar-refractivity contribution in [2.45, 2.75) is 20.8 Å². The van der Waals surface area contributed by atoms with Gasteiger partial charge in [0.2, 0.25) is 17.0 Å². The molecule has 2 aromatic carbocycles. The molecule has 4 rings (SSSR count). The van der Waals surface area contributed by atoms with Crippen LogP contribution in [0.4, 0.5) is 14.9 Å². The number of nitrogens with one attached hydrogen (secondary N) is 1. The van der Waals surface area contributed by atoms with Crippen molar-refractivity contribution in [2.24, 2.45) is 0 Å². The van der Waals surface area contributed by atoms with Gasteiger partial charge < -0.3 is 14.8 Å². The summed E-state index contributed by atoms with van der Waals surface area (Å²) in [7, 11) is 0. The lowest BCUT2D eigenvalue weighted by atomic mass is 10.1. The zero-order valence-corrected chi connectivity index (χ0v) is 22.2. The summed E-state index contributed by atoms with van der Waals surface area (Å²) in [6.07, 6.45) is 2.39. The summed E-state index contributed by atoms with van der Waals surface area (Å²) in [5.41, 5.74) is 3.04. The van der Waals surface area contributed by atoms with Crippen LogP contribution in [0, 0.1) is 19.7 Å². The number of ether oxygens (including phenoxy) is 2. The second-order valence-electron chi connectivity index (χ2n) is 8.10. The minimum Gasteiger partial charge on any atom is -0.490 e. The number of carbonyl (C=O) groups excluding carboxylic acids is 3. The van der Waals surface area contributed by atoms with Crippen LogP contribution >= 0.6 is 23.4 Å². The maximum absolute atomic E-state index is 14.0. The molecule has 1 aliphatic rings. The SMILES string of the molecule is CCOc1cc(/C=C2/SC(=O)N(CC(=O)Nc3cccc(C)c3C)C2=O)ccc1Oc1nc(Cl)ncc1F. The molecule has 12 heteroatoms. The van der Waals surface area contributed by atoms with Gasteiger partial charge in [0.15, 0.2) is 11.5 Å². The highest BCUT2D eigenvalue weighted by atomic mass is 35.5. The number of imide groups is 1. The molecular weight excluding hydrogens is 535 g/mol. The largest absolute Gasteiger partial charge is 0.490 e. The van der Waals surface area contributed by atoms with Gasteiger partial charge in [0.1, 0.15) is 6.54 Å². The summed E-state index contributed by atoms with van der Waals surface area (Å²) < 4.78 is 25.2. The zero-order chi connectivity index (χ0) is 27.4. The Kier molecular flexibility index (Phi) is 8.28. The van der Waals surface area contributed by atoms with E-state index in [4.69, 9.17) is 21.1 Å². The Bertz CT molecular complexity index is 1470. The number of amides is 3. The molecule has 1 aromatic heterocycles. The van der Waals surface area contributed by atoms with Crippen molar-refractivity contribution in [3.63, 3.8) is 0 Å². The van der Waals surface area contributed by atoms with Gasteiger partial charge in [-0.25, -0.2) is 4.98 Å². The Morgan fingerprint density at radius 2 is 2.00 bits per heavy atom. The molecule has 0 spiro atoms. The minimum atomic E-state index is -0.809. The Morgan fingerprint density at radius 1 is 1.21 bits per heavy atom. The molecule has 1 N–H and O–H groups in total. The molecule has 196 valence electrons. The molecule has 0 unspecified atom stereocenters. The van der Waals surface area contributed by atoms with Crippen LogP contribution in [-0.2, 0) is 9.59 Å². The number of hydrogen-bond acceptors (Lipinski definition) is 8. The molecule has 0 atom stereocenters. The smallest absolute Gasteiger partial charge is 0.294 e. The Balaban J connectivity index is 1.50. The van der Waals surface area contributed by atoms with E-state index in [-0.39, 0.29) is 34.2 Å².